The van der Waals surface area contributed by atoms with Crippen LogP contribution in [0.3, 0.4) is 0 Å². The summed E-state index contributed by atoms with van der Waals surface area (Å²) in [4.78, 5) is 40.1. The van der Waals surface area contributed by atoms with Crippen LogP contribution in [0.2, 0.25) is 5.02 Å². The Morgan fingerprint density at radius 2 is 1.57 bits per heavy atom. The molecule has 0 unspecified atom stereocenters. The van der Waals surface area contributed by atoms with Crippen LogP contribution in [0.1, 0.15) is 16.8 Å². The average molecular weight is 431 g/mol. The average Bonchev–Trinajstić information content (AvgIpc) is 3.12. The van der Waals surface area contributed by atoms with Gasteiger partial charge in [0.1, 0.15) is 6.04 Å². The Morgan fingerprint density at radius 3 is 2.17 bits per heavy atom. The van der Waals surface area contributed by atoms with E-state index < -0.39 is 24.1 Å². The molecule has 9 heteroatoms. The third-order valence-corrected chi connectivity index (χ3v) is 5.00. The topological polar surface area (TPSA) is 102 Å². The SMILES string of the molecule is CN(C)C(=O)c1ccc(NC(=O)[C@H]2C[C@@H](O)CN2C(=O)Nc2ccc(Cl)cc2)cc1. The van der Waals surface area contributed by atoms with Crippen LogP contribution in [-0.4, -0.2) is 65.5 Å². The van der Waals surface area contributed by atoms with Crippen molar-refractivity contribution >= 4 is 40.8 Å². The fourth-order valence-electron chi connectivity index (χ4n) is 3.20. The molecule has 0 aromatic heterocycles. The Balaban J connectivity index is 1.66. The second-order valence-corrected chi connectivity index (χ2v) is 7.70. The summed E-state index contributed by atoms with van der Waals surface area (Å²) in [7, 11) is 3.32. The van der Waals surface area contributed by atoms with E-state index in [2.05, 4.69) is 10.6 Å². The smallest absolute Gasteiger partial charge is 0.322 e. The molecule has 2 aromatic rings. The molecule has 4 amide bonds. The molecule has 1 saturated heterocycles. The predicted molar refractivity (Wildman–Crippen MR) is 115 cm³/mol. The summed E-state index contributed by atoms with van der Waals surface area (Å²) < 4.78 is 0. The van der Waals surface area contributed by atoms with E-state index in [0.717, 1.165) is 0 Å². The van der Waals surface area contributed by atoms with Crippen molar-refractivity contribution < 1.29 is 19.5 Å². The third-order valence-electron chi connectivity index (χ3n) is 4.74. The first-order valence-electron chi connectivity index (χ1n) is 9.38. The first kappa shape index (κ1) is 21.6. The highest BCUT2D eigenvalue weighted by molar-refractivity contribution is 6.30. The van der Waals surface area contributed by atoms with Gasteiger partial charge in [-0.15, -0.1) is 0 Å². The van der Waals surface area contributed by atoms with E-state index in [4.69, 9.17) is 11.6 Å². The minimum atomic E-state index is -0.824. The van der Waals surface area contributed by atoms with E-state index in [1.807, 2.05) is 0 Å². The summed E-state index contributed by atoms with van der Waals surface area (Å²) in [5.41, 5.74) is 1.53. The van der Waals surface area contributed by atoms with Gasteiger partial charge in [0.05, 0.1) is 6.10 Å². The second kappa shape index (κ2) is 9.15. The predicted octanol–water partition coefficient (Wildman–Crippen LogP) is 2.65. The molecule has 0 bridgehead atoms. The van der Waals surface area contributed by atoms with Crippen LogP contribution in [0, 0.1) is 0 Å². The molecule has 2 aromatic carbocycles. The molecular weight excluding hydrogens is 408 g/mol. The van der Waals surface area contributed by atoms with Crippen molar-refractivity contribution in [2.24, 2.45) is 0 Å². The number of rotatable bonds is 4. The highest BCUT2D eigenvalue weighted by Gasteiger charge is 2.39. The molecule has 1 aliphatic heterocycles. The molecule has 0 saturated carbocycles. The lowest BCUT2D eigenvalue weighted by atomic mass is 10.1. The van der Waals surface area contributed by atoms with E-state index in [1.165, 1.54) is 9.80 Å². The van der Waals surface area contributed by atoms with Gasteiger partial charge < -0.3 is 25.5 Å². The number of hydrogen-bond donors (Lipinski definition) is 3. The van der Waals surface area contributed by atoms with Gasteiger partial charge >= 0.3 is 6.03 Å². The Bertz CT molecular complexity index is 931. The molecule has 0 radical (unpaired) electrons. The summed E-state index contributed by atoms with van der Waals surface area (Å²) in [6.45, 7) is 0.0494. The molecule has 3 rings (SSSR count). The number of carbonyl (C=O) groups is 3. The van der Waals surface area contributed by atoms with E-state index in [0.29, 0.717) is 22.0 Å². The number of aliphatic hydroxyl groups excluding tert-OH is 1. The molecule has 1 heterocycles. The Kier molecular flexibility index (Phi) is 6.59. The number of nitrogens with zero attached hydrogens (tertiary/aromatic N) is 2. The Hall–Kier alpha value is -3.10. The second-order valence-electron chi connectivity index (χ2n) is 7.26. The number of likely N-dealkylation sites (tertiary alicyclic amines) is 1. The van der Waals surface area contributed by atoms with Crippen molar-refractivity contribution in [1.82, 2.24) is 9.80 Å². The van der Waals surface area contributed by atoms with Crippen molar-refractivity contribution in [3.63, 3.8) is 0 Å². The summed E-state index contributed by atoms with van der Waals surface area (Å²) in [6.07, 6.45) is -0.659. The minimum absolute atomic E-state index is 0.0494. The quantitative estimate of drug-likeness (QED) is 0.693. The van der Waals surface area contributed by atoms with Gasteiger partial charge in [-0.3, -0.25) is 9.59 Å². The fraction of sp³-hybridized carbons (Fsp3) is 0.286. The normalized spacial score (nSPS) is 18.1. The maximum absolute atomic E-state index is 12.8. The summed E-state index contributed by atoms with van der Waals surface area (Å²) in [5, 5.41) is 16.0. The number of β-amino-alcohol motifs (C(OH)–C–C–N with tert-alkyl or cyclic N) is 1. The first-order valence-corrected chi connectivity index (χ1v) is 9.76. The lowest BCUT2D eigenvalue weighted by Gasteiger charge is -2.24. The van der Waals surface area contributed by atoms with Crippen LogP contribution < -0.4 is 10.6 Å². The maximum atomic E-state index is 12.8. The molecule has 8 nitrogen and oxygen atoms in total. The zero-order chi connectivity index (χ0) is 21.8. The van der Waals surface area contributed by atoms with Gasteiger partial charge in [0.15, 0.2) is 0 Å². The monoisotopic (exact) mass is 430 g/mol. The summed E-state index contributed by atoms with van der Waals surface area (Å²) >= 11 is 5.85. The number of anilines is 2. The van der Waals surface area contributed by atoms with Crippen LogP contribution in [0.15, 0.2) is 48.5 Å². The van der Waals surface area contributed by atoms with Crippen molar-refractivity contribution in [2.75, 3.05) is 31.3 Å². The Labute approximate surface area is 179 Å². The molecule has 0 spiro atoms. The van der Waals surface area contributed by atoms with Gasteiger partial charge in [0, 0.05) is 49.0 Å². The third kappa shape index (κ3) is 5.08. The first-order chi connectivity index (χ1) is 14.2. The van der Waals surface area contributed by atoms with Crippen molar-refractivity contribution in [3.05, 3.63) is 59.1 Å². The van der Waals surface area contributed by atoms with Crippen LogP contribution in [-0.2, 0) is 4.79 Å². The fourth-order valence-corrected chi connectivity index (χ4v) is 3.32. The molecular formula is C21H23ClN4O4. The number of halogens is 1. The van der Waals surface area contributed by atoms with Crippen molar-refractivity contribution in [1.29, 1.82) is 0 Å². The Morgan fingerprint density at radius 1 is 1.00 bits per heavy atom. The molecule has 1 aliphatic rings. The van der Waals surface area contributed by atoms with Gasteiger partial charge in [0.2, 0.25) is 5.91 Å². The van der Waals surface area contributed by atoms with Crippen molar-refractivity contribution in [2.45, 2.75) is 18.6 Å². The minimum Gasteiger partial charge on any atom is -0.391 e. The van der Waals surface area contributed by atoms with E-state index >= 15 is 0 Å². The zero-order valence-corrected chi connectivity index (χ0v) is 17.4. The van der Waals surface area contributed by atoms with E-state index in [-0.39, 0.29) is 18.9 Å². The molecule has 1 fully saturated rings. The van der Waals surface area contributed by atoms with Crippen LogP contribution in [0.4, 0.5) is 16.2 Å². The lowest BCUT2D eigenvalue weighted by molar-refractivity contribution is -0.119. The molecule has 0 aliphatic carbocycles. The van der Waals surface area contributed by atoms with Gasteiger partial charge in [-0.2, -0.15) is 0 Å². The number of hydrogen-bond acceptors (Lipinski definition) is 4. The maximum Gasteiger partial charge on any atom is 0.322 e. The number of carbonyl (C=O) groups excluding carboxylic acids is 3. The number of amides is 4. The largest absolute Gasteiger partial charge is 0.391 e. The number of aliphatic hydroxyl groups is 1. The molecule has 2 atom stereocenters. The summed E-state index contributed by atoms with van der Waals surface area (Å²) in [6, 6.07) is 11.8. The number of urea groups is 1. The summed E-state index contributed by atoms with van der Waals surface area (Å²) in [5.74, 6) is -0.554. The van der Waals surface area contributed by atoms with Gasteiger partial charge in [-0.25, -0.2) is 4.79 Å². The zero-order valence-electron chi connectivity index (χ0n) is 16.6. The number of benzene rings is 2. The highest BCUT2D eigenvalue weighted by Crippen LogP contribution is 2.22. The van der Waals surface area contributed by atoms with Crippen LogP contribution in [0.25, 0.3) is 0 Å². The standard InChI is InChI=1S/C21H23ClN4O4/c1-25(2)20(29)13-3-7-15(8-4-13)23-19(28)18-11-17(27)12-26(18)21(30)24-16-9-5-14(22)6-10-16/h3-10,17-18,27H,11-12H2,1-2H3,(H,23,28)(H,24,30)/t17-,18-/m1/s1. The molecule has 3 N–H and O–H groups in total. The molecule has 158 valence electrons. The van der Waals surface area contributed by atoms with Gasteiger partial charge in [-0.1, -0.05) is 11.6 Å². The molecule has 30 heavy (non-hydrogen) atoms. The van der Waals surface area contributed by atoms with E-state index in [9.17, 15) is 19.5 Å². The van der Waals surface area contributed by atoms with E-state index in [1.54, 1.807) is 62.6 Å². The van der Waals surface area contributed by atoms with Crippen molar-refractivity contribution in [3.8, 4) is 0 Å². The van der Waals surface area contributed by atoms with Gasteiger partial charge in [0.25, 0.3) is 5.91 Å². The van der Waals surface area contributed by atoms with Crippen LogP contribution in [0.5, 0.6) is 0 Å². The highest BCUT2D eigenvalue weighted by atomic mass is 35.5. The van der Waals surface area contributed by atoms with Crippen LogP contribution >= 0.6 is 11.6 Å². The number of nitrogens with one attached hydrogen (secondary N) is 2. The van der Waals surface area contributed by atoms with Gasteiger partial charge in [-0.05, 0) is 48.5 Å². The lowest BCUT2D eigenvalue weighted by Crippen LogP contribution is -2.45.